The molecule has 0 heterocycles. The number of halogens is 3. The van der Waals surface area contributed by atoms with E-state index >= 15 is 0 Å². The van der Waals surface area contributed by atoms with Crippen molar-refractivity contribution >= 4 is 34.8 Å². The molecule has 0 atom stereocenters. The third kappa shape index (κ3) is 4.39. The van der Waals surface area contributed by atoms with Gasteiger partial charge in [-0.2, -0.15) is 0 Å². The maximum absolute atomic E-state index is 5.03. The lowest BCUT2D eigenvalue weighted by atomic mass is 11.0. The molecular weight excluding hydrogens is 142 g/mol. The van der Waals surface area contributed by atoms with E-state index in [4.69, 9.17) is 34.8 Å². The van der Waals surface area contributed by atoms with Gasteiger partial charge in [0.1, 0.15) is 4.49 Å². The van der Waals surface area contributed by atoms with Crippen LogP contribution in [0.15, 0.2) is 15.8 Å². The third-order valence-corrected chi connectivity index (χ3v) is 0.491. The molecule has 0 aromatic heterocycles. The maximum atomic E-state index is 5.03. The largest absolute Gasteiger partial charge is 0.149 e. The summed E-state index contributed by atoms with van der Waals surface area (Å²) in [5.74, 6) is 0. The fourth-order valence-electron chi connectivity index (χ4n) is 0.0412. The normalized spacial score (nSPS) is 6.50. The van der Waals surface area contributed by atoms with Crippen LogP contribution in [0.2, 0.25) is 0 Å². The highest BCUT2D eigenvalue weighted by Crippen LogP contribution is 2.02. The lowest BCUT2D eigenvalue weighted by Crippen LogP contribution is -1.34. The van der Waals surface area contributed by atoms with E-state index in [9.17, 15) is 0 Å². The Balaban J connectivity index is 3.73. The van der Waals surface area contributed by atoms with Gasteiger partial charge in [-0.1, -0.05) is 40.5 Å². The Hall–Kier alpha value is 0.390. The van der Waals surface area contributed by atoms with Crippen LogP contribution in [0.4, 0.5) is 0 Å². The molecule has 0 bridgehead atoms. The van der Waals surface area contributed by atoms with Gasteiger partial charge in [-0.25, -0.2) is 0 Å². The van der Waals surface area contributed by atoms with E-state index in [2.05, 4.69) is 5.73 Å². The molecule has 0 N–H and O–H groups in total. The fraction of sp³-hybridized carbons (Fsp3) is 0. The van der Waals surface area contributed by atoms with Crippen molar-refractivity contribution < 1.29 is 0 Å². The molecule has 0 saturated carbocycles. The predicted molar refractivity (Wildman–Crippen MR) is 29.2 cm³/mol. The molecular formula is C3HCl3. The number of hydrogen-bond acceptors (Lipinski definition) is 0. The van der Waals surface area contributed by atoms with E-state index in [0.717, 1.165) is 5.54 Å². The second-order valence-corrected chi connectivity index (χ2v) is 1.68. The molecule has 3 heteroatoms. The fourth-order valence-corrected chi connectivity index (χ4v) is 0.371. The maximum Gasteiger partial charge on any atom is 0.149 e. The minimum Gasteiger partial charge on any atom is -0.0837 e. The number of hydrogen-bond donors (Lipinski definition) is 0. The Kier molecular flexibility index (Phi) is 3.81. The first-order chi connectivity index (χ1) is 2.77. The molecule has 0 aromatic carbocycles. The summed E-state index contributed by atoms with van der Waals surface area (Å²) < 4.78 is 0.0463. The van der Waals surface area contributed by atoms with Crippen molar-refractivity contribution in [3.8, 4) is 0 Å². The van der Waals surface area contributed by atoms with Crippen molar-refractivity contribution in [3.63, 3.8) is 0 Å². The molecule has 0 aromatic rings. The molecule has 0 saturated heterocycles. The molecule has 0 amide bonds. The molecule has 0 nitrogen and oxygen atoms in total. The molecule has 0 aliphatic carbocycles. The Labute approximate surface area is 51.0 Å². The lowest BCUT2D eigenvalue weighted by molar-refractivity contribution is 2.27. The standard InChI is InChI=1S/C3HCl3/c4-2-1-3(5)6/h2H. The van der Waals surface area contributed by atoms with E-state index in [-0.39, 0.29) is 4.49 Å². The summed E-state index contributed by atoms with van der Waals surface area (Å²) in [6, 6.07) is 0. The number of rotatable bonds is 0. The zero-order valence-corrected chi connectivity index (χ0v) is 4.98. The molecule has 0 unspecified atom stereocenters. The van der Waals surface area contributed by atoms with Gasteiger partial charge in [-0.3, -0.25) is 0 Å². The Bertz CT molecular complexity index is 84.2. The van der Waals surface area contributed by atoms with Gasteiger partial charge in [0.2, 0.25) is 0 Å². The van der Waals surface area contributed by atoms with Crippen LogP contribution in [0.25, 0.3) is 0 Å². The first-order valence-electron chi connectivity index (χ1n) is 1.13. The van der Waals surface area contributed by atoms with Gasteiger partial charge in [-0.05, 0) is 0 Å². The summed E-state index contributed by atoms with van der Waals surface area (Å²) >= 11 is 15.0. The minimum atomic E-state index is 0.0463. The second kappa shape index (κ2) is 3.58. The topological polar surface area (TPSA) is 0 Å². The van der Waals surface area contributed by atoms with Crippen LogP contribution >= 0.6 is 34.8 Å². The molecule has 6 heavy (non-hydrogen) atoms. The minimum absolute atomic E-state index is 0.0463. The van der Waals surface area contributed by atoms with Crippen molar-refractivity contribution in [1.29, 1.82) is 0 Å². The second-order valence-electron chi connectivity index (χ2n) is 0.514. The molecule has 0 spiro atoms. The first-order valence-corrected chi connectivity index (χ1v) is 2.33. The Morgan fingerprint density at radius 2 is 2.00 bits per heavy atom. The van der Waals surface area contributed by atoms with Crippen LogP contribution in [-0.4, -0.2) is 0 Å². The van der Waals surface area contributed by atoms with Crippen molar-refractivity contribution in [2.75, 3.05) is 0 Å². The average Bonchev–Trinajstić information content (AvgIpc) is 1.35. The van der Waals surface area contributed by atoms with E-state index in [1.165, 1.54) is 0 Å². The monoisotopic (exact) mass is 142 g/mol. The van der Waals surface area contributed by atoms with Crippen LogP contribution in [0.3, 0.4) is 0 Å². The highest BCUT2D eigenvalue weighted by atomic mass is 35.5. The van der Waals surface area contributed by atoms with Crippen molar-refractivity contribution in [1.82, 2.24) is 0 Å². The zero-order valence-electron chi connectivity index (χ0n) is 2.71. The van der Waals surface area contributed by atoms with Gasteiger partial charge in [0, 0.05) is 5.54 Å². The van der Waals surface area contributed by atoms with Gasteiger partial charge in [0.05, 0.1) is 0 Å². The highest BCUT2D eigenvalue weighted by molar-refractivity contribution is 6.55. The van der Waals surface area contributed by atoms with Crippen molar-refractivity contribution in [3.05, 3.63) is 15.8 Å². The van der Waals surface area contributed by atoms with Crippen LogP contribution in [0, 0.1) is 0 Å². The van der Waals surface area contributed by atoms with E-state index in [1.807, 2.05) is 0 Å². The summed E-state index contributed by atoms with van der Waals surface area (Å²) in [5, 5.41) is 0. The summed E-state index contributed by atoms with van der Waals surface area (Å²) in [6.45, 7) is 0. The lowest BCUT2D eigenvalue weighted by Gasteiger charge is -1.61. The summed E-state index contributed by atoms with van der Waals surface area (Å²) in [4.78, 5) is 0. The molecule has 0 aliphatic rings. The molecule has 0 fully saturated rings. The van der Waals surface area contributed by atoms with Crippen LogP contribution in [0.5, 0.6) is 0 Å². The average molecular weight is 143 g/mol. The summed E-state index contributed by atoms with van der Waals surface area (Å²) in [7, 11) is 0. The van der Waals surface area contributed by atoms with Gasteiger partial charge >= 0.3 is 0 Å². The van der Waals surface area contributed by atoms with Gasteiger partial charge in [0.25, 0.3) is 0 Å². The van der Waals surface area contributed by atoms with E-state index in [0.29, 0.717) is 0 Å². The van der Waals surface area contributed by atoms with E-state index in [1.54, 1.807) is 0 Å². The zero-order chi connectivity index (χ0) is 4.99. The molecule has 0 rings (SSSR count). The first kappa shape index (κ1) is 6.39. The van der Waals surface area contributed by atoms with Gasteiger partial charge < -0.3 is 0 Å². The van der Waals surface area contributed by atoms with Gasteiger partial charge in [0.15, 0.2) is 0 Å². The molecule has 0 aliphatic heterocycles. The van der Waals surface area contributed by atoms with Crippen LogP contribution < -0.4 is 0 Å². The highest BCUT2D eigenvalue weighted by Gasteiger charge is 1.69. The SMILES string of the molecule is ClC=C=C(Cl)Cl. The van der Waals surface area contributed by atoms with Gasteiger partial charge in [-0.15, -0.1) is 0 Å². The Morgan fingerprint density at radius 1 is 1.50 bits per heavy atom. The quantitative estimate of drug-likeness (QED) is 0.457. The van der Waals surface area contributed by atoms with Crippen LogP contribution in [-0.2, 0) is 0 Å². The molecule has 34 valence electrons. The van der Waals surface area contributed by atoms with Crippen molar-refractivity contribution in [2.24, 2.45) is 0 Å². The predicted octanol–water partition coefficient (Wildman–Crippen LogP) is 2.66. The van der Waals surface area contributed by atoms with Crippen molar-refractivity contribution in [2.45, 2.75) is 0 Å². The summed E-state index contributed by atoms with van der Waals surface area (Å²) in [6.07, 6.45) is 0. The third-order valence-electron chi connectivity index (χ3n) is 0.164. The Morgan fingerprint density at radius 3 is 2.00 bits per heavy atom. The summed E-state index contributed by atoms with van der Waals surface area (Å²) in [5.41, 5.74) is 3.42. The smallest absolute Gasteiger partial charge is 0.0837 e. The van der Waals surface area contributed by atoms with E-state index < -0.39 is 0 Å². The molecule has 0 radical (unpaired) electrons. The van der Waals surface area contributed by atoms with Crippen LogP contribution in [0.1, 0.15) is 0 Å².